The standard InChI is InChI=1S/C21H31NO3/c1-14-8-6-7-9-18(14)22-19(23)15(2)25-20(24)16-10-12-17(13-11-16)21(3,4)5/h10-15,18H,6-9H2,1-5H3,(H,22,23)/t14-,15-,18-/m0/s1. The van der Waals surface area contributed by atoms with Gasteiger partial charge in [0, 0.05) is 6.04 Å². The molecule has 0 unspecified atom stereocenters. The van der Waals surface area contributed by atoms with Gasteiger partial charge in [-0.15, -0.1) is 0 Å². The number of carbonyl (C=O) groups is 2. The molecule has 0 bridgehead atoms. The van der Waals surface area contributed by atoms with Gasteiger partial charge in [-0.3, -0.25) is 4.79 Å². The fraction of sp³-hybridized carbons (Fsp3) is 0.619. The first kappa shape index (κ1) is 19.5. The number of carbonyl (C=O) groups excluding carboxylic acids is 2. The molecule has 1 N–H and O–H groups in total. The van der Waals surface area contributed by atoms with Crippen LogP contribution in [-0.2, 0) is 14.9 Å². The first-order chi connectivity index (χ1) is 11.7. The van der Waals surface area contributed by atoms with Crippen LogP contribution in [0.2, 0.25) is 0 Å². The molecule has 1 amide bonds. The van der Waals surface area contributed by atoms with E-state index in [0.717, 1.165) is 24.8 Å². The number of amides is 1. The van der Waals surface area contributed by atoms with Gasteiger partial charge < -0.3 is 10.1 Å². The molecule has 4 heteroatoms. The first-order valence-corrected chi connectivity index (χ1v) is 9.30. The van der Waals surface area contributed by atoms with Crippen molar-refractivity contribution in [1.82, 2.24) is 5.32 Å². The molecular formula is C21H31NO3. The molecule has 3 atom stereocenters. The van der Waals surface area contributed by atoms with Gasteiger partial charge in [0.05, 0.1) is 5.56 Å². The second-order valence-corrected chi connectivity index (χ2v) is 8.25. The Bertz CT molecular complexity index is 601. The SMILES string of the molecule is C[C@H](OC(=O)c1ccc(C(C)(C)C)cc1)C(=O)N[C@H]1CCCC[C@@H]1C. The Morgan fingerprint density at radius 3 is 2.28 bits per heavy atom. The van der Waals surface area contributed by atoms with Gasteiger partial charge in [-0.25, -0.2) is 4.79 Å². The van der Waals surface area contributed by atoms with Crippen molar-refractivity contribution in [2.75, 3.05) is 0 Å². The monoisotopic (exact) mass is 345 g/mol. The highest BCUT2D eigenvalue weighted by molar-refractivity contribution is 5.92. The topological polar surface area (TPSA) is 55.4 Å². The largest absolute Gasteiger partial charge is 0.449 e. The number of rotatable bonds is 4. The highest BCUT2D eigenvalue weighted by Crippen LogP contribution is 2.24. The second-order valence-electron chi connectivity index (χ2n) is 8.25. The molecule has 0 aliphatic heterocycles. The Kier molecular flexibility index (Phi) is 6.26. The lowest BCUT2D eigenvalue weighted by atomic mass is 9.86. The minimum absolute atomic E-state index is 0.0340. The van der Waals surface area contributed by atoms with Crippen molar-refractivity contribution in [1.29, 1.82) is 0 Å². The summed E-state index contributed by atoms with van der Waals surface area (Å²) in [5.74, 6) is -0.191. The zero-order valence-corrected chi connectivity index (χ0v) is 16.1. The van der Waals surface area contributed by atoms with Gasteiger partial charge in [-0.1, -0.05) is 52.7 Å². The Morgan fingerprint density at radius 1 is 1.12 bits per heavy atom. The summed E-state index contributed by atoms with van der Waals surface area (Å²) in [4.78, 5) is 24.6. The van der Waals surface area contributed by atoms with Crippen molar-refractivity contribution in [2.24, 2.45) is 5.92 Å². The summed E-state index contributed by atoms with van der Waals surface area (Å²) < 4.78 is 5.35. The van der Waals surface area contributed by atoms with E-state index in [-0.39, 0.29) is 17.4 Å². The number of esters is 1. The lowest BCUT2D eigenvalue weighted by molar-refractivity contribution is -0.130. The molecule has 1 aliphatic rings. The van der Waals surface area contributed by atoms with Crippen LogP contribution in [0.4, 0.5) is 0 Å². The molecule has 4 nitrogen and oxygen atoms in total. The number of nitrogens with one attached hydrogen (secondary N) is 1. The van der Waals surface area contributed by atoms with Gasteiger partial charge in [0.2, 0.25) is 0 Å². The minimum atomic E-state index is -0.788. The molecule has 1 aromatic rings. The Morgan fingerprint density at radius 2 is 1.72 bits per heavy atom. The van der Waals surface area contributed by atoms with E-state index in [1.165, 1.54) is 6.42 Å². The average molecular weight is 345 g/mol. The van der Waals surface area contributed by atoms with Gasteiger partial charge in [0.15, 0.2) is 6.10 Å². The fourth-order valence-electron chi connectivity index (χ4n) is 3.22. The van der Waals surface area contributed by atoms with E-state index in [0.29, 0.717) is 11.5 Å². The van der Waals surface area contributed by atoms with Crippen molar-refractivity contribution in [2.45, 2.75) is 77.9 Å². The zero-order chi connectivity index (χ0) is 18.6. The van der Waals surface area contributed by atoms with Crippen LogP contribution in [0.25, 0.3) is 0 Å². The smallest absolute Gasteiger partial charge is 0.338 e. The minimum Gasteiger partial charge on any atom is -0.449 e. The van der Waals surface area contributed by atoms with Crippen LogP contribution >= 0.6 is 0 Å². The molecule has 0 saturated heterocycles. The van der Waals surface area contributed by atoms with Crippen LogP contribution in [0.15, 0.2) is 24.3 Å². The Labute approximate surface area is 151 Å². The molecule has 0 spiro atoms. The van der Waals surface area contributed by atoms with Crippen molar-refractivity contribution in [3.8, 4) is 0 Å². The van der Waals surface area contributed by atoms with E-state index in [1.807, 2.05) is 12.1 Å². The summed E-state index contributed by atoms with van der Waals surface area (Å²) in [7, 11) is 0. The number of benzene rings is 1. The number of hydrogen-bond acceptors (Lipinski definition) is 3. The summed E-state index contributed by atoms with van der Waals surface area (Å²) >= 11 is 0. The fourth-order valence-corrected chi connectivity index (χ4v) is 3.22. The van der Waals surface area contributed by atoms with Gasteiger partial charge in [0.1, 0.15) is 0 Å². The van der Waals surface area contributed by atoms with Crippen molar-refractivity contribution in [3.05, 3.63) is 35.4 Å². The van der Waals surface area contributed by atoms with Crippen LogP contribution in [0, 0.1) is 5.92 Å². The number of ether oxygens (including phenoxy) is 1. The van der Waals surface area contributed by atoms with E-state index < -0.39 is 12.1 Å². The van der Waals surface area contributed by atoms with E-state index in [9.17, 15) is 9.59 Å². The first-order valence-electron chi connectivity index (χ1n) is 9.30. The zero-order valence-electron chi connectivity index (χ0n) is 16.1. The van der Waals surface area contributed by atoms with Crippen LogP contribution < -0.4 is 5.32 Å². The van der Waals surface area contributed by atoms with Crippen LogP contribution in [-0.4, -0.2) is 24.0 Å². The van der Waals surface area contributed by atoms with Crippen molar-refractivity contribution in [3.63, 3.8) is 0 Å². The maximum absolute atomic E-state index is 12.3. The molecule has 2 rings (SSSR count). The summed E-state index contributed by atoms with van der Waals surface area (Å²) in [6.45, 7) is 10.2. The average Bonchev–Trinajstić information content (AvgIpc) is 2.56. The third kappa shape index (κ3) is 5.32. The highest BCUT2D eigenvalue weighted by atomic mass is 16.5. The summed E-state index contributed by atoms with van der Waals surface area (Å²) in [5.41, 5.74) is 1.66. The Balaban J connectivity index is 1.91. The molecule has 0 radical (unpaired) electrons. The second kappa shape index (κ2) is 8.03. The molecule has 1 fully saturated rings. The third-order valence-corrected chi connectivity index (χ3v) is 5.08. The van der Waals surface area contributed by atoms with E-state index in [2.05, 4.69) is 33.0 Å². The van der Waals surface area contributed by atoms with Crippen molar-refractivity contribution >= 4 is 11.9 Å². The molecule has 0 aromatic heterocycles. The lowest BCUT2D eigenvalue weighted by Crippen LogP contribution is -2.45. The maximum Gasteiger partial charge on any atom is 0.338 e. The van der Waals surface area contributed by atoms with E-state index in [1.54, 1.807) is 19.1 Å². The van der Waals surface area contributed by atoms with Gasteiger partial charge >= 0.3 is 5.97 Å². The van der Waals surface area contributed by atoms with Gasteiger partial charge in [0.25, 0.3) is 5.91 Å². The van der Waals surface area contributed by atoms with Gasteiger partial charge in [-0.2, -0.15) is 0 Å². The predicted molar refractivity (Wildman–Crippen MR) is 99.6 cm³/mol. The molecule has 1 saturated carbocycles. The lowest BCUT2D eigenvalue weighted by Gasteiger charge is -2.30. The number of hydrogen-bond donors (Lipinski definition) is 1. The third-order valence-electron chi connectivity index (χ3n) is 5.08. The van der Waals surface area contributed by atoms with Crippen LogP contribution in [0.5, 0.6) is 0 Å². The molecular weight excluding hydrogens is 314 g/mol. The molecule has 1 aromatic carbocycles. The predicted octanol–water partition coefficient (Wildman–Crippen LogP) is 4.22. The molecule has 138 valence electrons. The maximum atomic E-state index is 12.3. The Hall–Kier alpha value is -1.84. The summed E-state index contributed by atoms with van der Waals surface area (Å²) in [6, 6.07) is 7.58. The highest BCUT2D eigenvalue weighted by Gasteiger charge is 2.26. The summed E-state index contributed by atoms with van der Waals surface area (Å²) in [6.07, 6.45) is 3.72. The molecule has 25 heavy (non-hydrogen) atoms. The van der Waals surface area contributed by atoms with Crippen LogP contribution in [0.1, 0.15) is 76.2 Å². The molecule has 1 aliphatic carbocycles. The molecule has 0 heterocycles. The van der Waals surface area contributed by atoms with E-state index in [4.69, 9.17) is 4.74 Å². The quantitative estimate of drug-likeness (QED) is 0.831. The van der Waals surface area contributed by atoms with E-state index >= 15 is 0 Å². The van der Waals surface area contributed by atoms with Gasteiger partial charge in [-0.05, 0) is 48.8 Å². The summed E-state index contributed by atoms with van der Waals surface area (Å²) in [5, 5.41) is 3.04. The normalized spacial score (nSPS) is 22.1. The van der Waals surface area contributed by atoms with Crippen molar-refractivity contribution < 1.29 is 14.3 Å². The van der Waals surface area contributed by atoms with Crippen LogP contribution in [0.3, 0.4) is 0 Å².